The van der Waals surface area contributed by atoms with Gasteiger partial charge in [-0.25, -0.2) is 0 Å². The smallest absolute Gasteiger partial charge is 0.303 e. The molecule has 1 amide bonds. The summed E-state index contributed by atoms with van der Waals surface area (Å²) in [7, 11) is 1.58. The van der Waals surface area contributed by atoms with Crippen molar-refractivity contribution in [2.24, 2.45) is 0 Å². The maximum Gasteiger partial charge on any atom is 0.303 e. The molecule has 0 aromatic heterocycles. The highest BCUT2D eigenvalue weighted by Crippen LogP contribution is 2.35. The van der Waals surface area contributed by atoms with E-state index < -0.39 is 5.97 Å². The molecule has 2 aromatic rings. The summed E-state index contributed by atoms with van der Waals surface area (Å²) in [5.74, 6) is 0.0755. The molecule has 0 aliphatic carbocycles. The van der Waals surface area contributed by atoms with E-state index in [1.54, 1.807) is 19.3 Å². The molecule has 1 saturated heterocycles. The largest absolute Gasteiger partial charge is 0.493 e. The molecule has 0 atom stereocenters. The second-order valence-corrected chi connectivity index (χ2v) is 8.19. The number of ether oxygens (including phenoxy) is 2. The van der Waals surface area contributed by atoms with Crippen LogP contribution in [0.15, 0.2) is 53.4 Å². The van der Waals surface area contributed by atoms with Gasteiger partial charge in [-0.2, -0.15) is 0 Å². The van der Waals surface area contributed by atoms with Crippen LogP contribution < -0.4 is 9.47 Å². The quantitative estimate of drug-likeness (QED) is 0.456. The van der Waals surface area contributed by atoms with E-state index in [0.717, 1.165) is 11.1 Å². The van der Waals surface area contributed by atoms with Crippen molar-refractivity contribution in [3.05, 3.63) is 64.6 Å². The van der Waals surface area contributed by atoms with Gasteiger partial charge in [0.15, 0.2) is 11.5 Å². The number of benzene rings is 2. The minimum atomic E-state index is -0.891. The number of thioether (sulfide) groups is 1. The third kappa shape index (κ3) is 5.61. The van der Waals surface area contributed by atoms with Crippen LogP contribution in [0.4, 0.5) is 0 Å². The minimum Gasteiger partial charge on any atom is -0.493 e. The molecule has 8 heteroatoms. The van der Waals surface area contributed by atoms with Crippen molar-refractivity contribution in [2.45, 2.75) is 19.4 Å². The molecule has 0 saturated carbocycles. The van der Waals surface area contributed by atoms with Gasteiger partial charge in [0.2, 0.25) is 0 Å². The number of carboxylic acids is 1. The fourth-order valence-electron chi connectivity index (χ4n) is 2.86. The van der Waals surface area contributed by atoms with Gasteiger partial charge in [-0.3, -0.25) is 14.5 Å². The lowest BCUT2D eigenvalue weighted by Gasteiger charge is -2.13. The highest BCUT2D eigenvalue weighted by Gasteiger charge is 2.31. The van der Waals surface area contributed by atoms with Gasteiger partial charge in [-0.1, -0.05) is 60.4 Å². The number of hydrogen-bond acceptors (Lipinski definition) is 6. The van der Waals surface area contributed by atoms with Crippen LogP contribution in [0, 0.1) is 0 Å². The van der Waals surface area contributed by atoms with Crippen molar-refractivity contribution in [1.29, 1.82) is 0 Å². The van der Waals surface area contributed by atoms with Gasteiger partial charge in [-0.15, -0.1) is 0 Å². The van der Waals surface area contributed by atoms with E-state index in [9.17, 15) is 9.59 Å². The number of carboxylic acid groups (broad SMARTS) is 1. The van der Waals surface area contributed by atoms with Crippen LogP contribution in [0.3, 0.4) is 0 Å². The van der Waals surface area contributed by atoms with E-state index in [4.69, 9.17) is 26.8 Å². The molecule has 3 rings (SSSR count). The number of nitrogens with zero attached hydrogens (tertiary/aromatic N) is 1. The minimum absolute atomic E-state index is 0.00327. The number of aliphatic carboxylic acids is 1. The molecular weight excluding hydrogens is 422 g/mol. The standard InChI is InChI=1S/C22H21NO5S2/c1-27-17-10-9-16(12-18(17)28-14-15-6-3-2-4-7-15)13-19-21(26)23(22(29)30-19)11-5-8-20(24)25/h2-4,6-7,9-10,12-13H,5,8,11,14H2,1H3,(H,24,25). The van der Waals surface area contributed by atoms with E-state index in [-0.39, 0.29) is 12.3 Å². The zero-order valence-corrected chi connectivity index (χ0v) is 18.0. The first-order chi connectivity index (χ1) is 14.5. The number of thiocarbonyl (C=S) groups is 1. The maximum absolute atomic E-state index is 12.7. The molecule has 2 aromatic carbocycles. The Balaban J connectivity index is 1.73. The summed E-state index contributed by atoms with van der Waals surface area (Å²) in [5.41, 5.74) is 1.82. The predicted molar refractivity (Wildman–Crippen MR) is 121 cm³/mol. The van der Waals surface area contributed by atoms with E-state index in [2.05, 4.69) is 0 Å². The van der Waals surface area contributed by atoms with Gasteiger partial charge in [0, 0.05) is 13.0 Å². The Morgan fingerprint density at radius 2 is 1.97 bits per heavy atom. The lowest BCUT2D eigenvalue weighted by atomic mass is 10.1. The van der Waals surface area contributed by atoms with Crippen molar-refractivity contribution >= 4 is 46.3 Å². The normalized spacial score (nSPS) is 15.0. The summed E-state index contributed by atoms with van der Waals surface area (Å²) in [4.78, 5) is 25.3. The Morgan fingerprint density at radius 3 is 2.67 bits per heavy atom. The van der Waals surface area contributed by atoms with E-state index in [1.165, 1.54) is 16.7 Å². The molecule has 0 spiro atoms. The molecular formula is C22H21NO5S2. The molecule has 0 bridgehead atoms. The van der Waals surface area contributed by atoms with Crippen LogP contribution >= 0.6 is 24.0 Å². The zero-order valence-electron chi connectivity index (χ0n) is 16.4. The monoisotopic (exact) mass is 443 g/mol. The zero-order chi connectivity index (χ0) is 21.5. The molecule has 156 valence electrons. The lowest BCUT2D eigenvalue weighted by molar-refractivity contribution is -0.137. The van der Waals surface area contributed by atoms with Gasteiger partial charge in [-0.05, 0) is 35.8 Å². The second kappa shape index (κ2) is 10.3. The van der Waals surface area contributed by atoms with Crippen LogP contribution in [-0.4, -0.2) is 39.9 Å². The van der Waals surface area contributed by atoms with Crippen LogP contribution in [0.1, 0.15) is 24.0 Å². The molecule has 1 heterocycles. The third-order valence-electron chi connectivity index (χ3n) is 4.37. The number of rotatable bonds is 9. The van der Waals surface area contributed by atoms with Crippen LogP contribution in [0.25, 0.3) is 6.08 Å². The molecule has 6 nitrogen and oxygen atoms in total. The van der Waals surface area contributed by atoms with Gasteiger partial charge < -0.3 is 14.6 Å². The van der Waals surface area contributed by atoms with E-state index in [0.29, 0.717) is 40.3 Å². The average molecular weight is 444 g/mol. The number of hydrogen-bond donors (Lipinski definition) is 1. The Morgan fingerprint density at radius 1 is 1.20 bits per heavy atom. The molecule has 1 aliphatic rings. The summed E-state index contributed by atoms with van der Waals surface area (Å²) < 4.78 is 11.7. The molecule has 1 N–H and O–H groups in total. The van der Waals surface area contributed by atoms with E-state index in [1.807, 2.05) is 42.5 Å². The Kier molecular flexibility index (Phi) is 7.48. The Labute approximate surface area is 184 Å². The highest BCUT2D eigenvalue weighted by atomic mass is 32.2. The number of carbonyl (C=O) groups is 2. The first-order valence-electron chi connectivity index (χ1n) is 9.30. The van der Waals surface area contributed by atoms with Crippen molar-refractivity contribution in [3.8, 4) is 11.5 Å². The molecule has 1 aliphatic heterocycles. The predicted octanol–water partition coefficient (Wildman–Crippen LogP) is 4.34. The Hall–Kier alpha value is -2.84. The fourth-order valence-corrected chi connectivity index (χ4v) is 4.17. The first kappa shape index (κ1) is 21.9. The third-order valence-corrected chi connectivity index (χ3v) is 5.75. The molecule has 0 radical (unpaired) electrons. The summed E-state index contributed by atoms with van der Waals surface area (Å²) in [5, 5.41) is 8.78. The first-order valence-corrected chi connectivity index (χ1v) is 10.5. The number of amides is 1. The molecule has 30 heavy (non-hydrogen) atoms. The van der Waals surface area contributed by atoms with Crippen LogP contribution in [0.2, 0.25) is 0 Å². The van der Waals surface area contributed by atoms with Crippen molar-refractivity contribution in [1.82, 2.24) is 4.90 Å². The van der Waals surface area contributed by atoms with Gasteiger partial charge in [0.25, 0.3) is 5.91 Å². The van der Waals surface area contributed by atoms with Crippen molar-refractivity contribution < 1.29 is 24.2 Å². The summed E-state index contributed by atoms with van der Waals surface area (Å²) in [6.07, 6.45) is 2.11. The highest BCUT2D eigenvalue weighted by molar-refractivity contribution is 8.26. The maximum atomic E-state index is 12.7. The Bertz CT molecular complexity index is 975. The summed E-state index contributed by atoms with van der Waals surface area (Å²) >= 11 is 6.50. The van der Waals surface area contributed by atoms with Gasteiger partial charge in [0.05, 0.1) is 12.0 Å². The topological polar surface area (TPSA) is 76.1 Å². The van der Waals surface area contributed by atoms with Crippen LogP contribution in [0.5, 0.6) is 11.5 Å². The molecule has 0 unspecified atom stereocenters. The van der Waals surface area contributed by atoms with E-state index >= 15 is 0 Å². The van der Waals surface area contributed by atoms with Crippen LogP contribution in [-0.2, 0) is 16.2 Å². The average Bonchev–Trinajstić information content (AvgIpc) is 3.00. The summed E-state index contributed by atoms with van der Waals surface area (Å²) in [6, 6.07) is 15.2. The number of carbonyl (C=O) groups excluding carboxylic acids is 1. The second-order valence-electron chi connectivity index (χ2n) is 6.52. The lowest BCUT2D eigenvalue weighted by Crippen LogP contribution is -2.29. The number of methoxy groups -OCH3 is 1. The summed E-state index contributed by atoms with van der Waals surface area (Å²) in [6.45, 7) is 0.689. The van der Waals surface area contributed by atoms with Crippen molar-refractivity contribution in [3.63, 3.8) is 0 Å². The van der Waals surface area contributed by atoms with Crippen molar-refractivity contribution in [2.75, 3.05) is 13.7 Å². The fraction of sp³-hybridized carbons (Fsp3) is 0.227. The van der Waals surface area contributed by atoms with Gasteiger partial charge >= 0.3 is 5.97 Å². The SMILES string of the molecule is COc1ccc(C=C2SC(=S)N(CCCC(=O)O)C2=O)cc1OCc1ccccc1. The molecule has 1 fully saturated rings. The van der Waals surface area contributed by atoms with Gasteiger partial charge in [0.1, 0.15) is 10.9 Å².